The first kappa shape index (κ1) is 27.7. The average Bonchev–Trinajstić information content (AvgIpc) is 3.40. The molecular formula is C30H32N3O6S+. The van der Waals surface area contributed by atoms with Crippen molar-refractivity contribution in [2.45, 2.75) is 32.7 Å². The highest BCUT2D eigenvalue weighted by atomic mass is 32.1. The molecule has 40 heavy (non-hydrogen) atoms. The Hall–Kier alpha value is -3.86. The number of para-hydroxylation sites is 1. The molecule has 2 aliphatic rings. The van der Waals surface area contributed by atoms with Crippen molar-refractivity contribution in [1.82, 2.24) is 0 Å². The zero-order valence-electron chi connectivity index (χ0n) is 23.0. The Balaban J connectivity index is 1.49. The number of methoxy groups -OCH3 is 1. The van der Waals surface area contributed by atoms with Gasteiger partial charge in [0, 0.05) is 54.7 Å². The van der Waals surface area contributed by atoms with Crippen LogP contribution in [0.15, 0.2) is 71.1 Å². The van der Waals surface area contributed by atoms with Gasteiger partial charge in [0.1, 0.15) is 17.0 Å². The minimum atomic E-state index is -0.421. The molecule has 3 aromatic rings. The Bertz CT molecular complexity index is 1600. The molecule has 0 amide bonds. The molecule has 0 radical (unpaired) electrons. The second kappa shape index (κ2) is 11.0. The van der Waals surface area contributed by atoms with Crippen LogP contribution in [0.1, 0.15) is 31.3 Å². The number of aromatic nitrogens is 1. The molecule has 0 atom stereocenters. The number of non-ortho nitro benzene ring substituents is 1. The predicted octanol–water partition coefficient (Wildman–Crippen LogP) is 5.24. The molecule has 5 rings (SSSR count). The van der Waals surface area contributed by atoms with Crippen LogP contribution in [0.25, 0.3) is 16.3 Å². The molecule has 1 aromatic heterocycles. The molecule has 2 heterocycles. The zero-order valence-corrected chi connectivity index (χ0v) is 23.8. The summed E-state index contributed by atoms with van der Waals surface area (Å²) in [4.78, 5) is 26.3. The number of nitrogens with zero attached hydrogens (tertiary/aromatic N) is 3. The number of benzene rings is 2. The van der Waals surface area contributed by atoms with Gasteiger partial charge in [-0.15, -0.1) is 0 Å². The molecule has 1 N–H and O–H groups in total. The van der Waals surface area contributed by atoms with Gasteiger partial charge in [0.15, 0.2) is 0 Å². The van der Waals surface area contributed by atoms with E-state index < -0.39 is 4.92 Å². The van der Waals surface area contributed by atoms with E-state index in [9.17, 15) is 20.0 Å². The number of hydrogen-bond donors (Lipinski definition) is 1. The molecule has 2 aromatic carbocycles. The molecule has 1 aliphatic carbocycles. The number of hydrogen-bond acceptors (Lipinski definition) is 8. The summed E-state index contributed by atoms with van der Waals surface area (Å²) in [7, 11) is 1.64. The van der Waals surface area contributed by atoms with E-state index in [0.717, 1.165) is 32.2 Å². The fourth-order valence-electron chi connectivity index (χ4n) is 5.35. The van der Waals surface area contributed by atoms with Gasteiger partial charge >= 0.3 is 0 Å². The number of ether oxygens (including phenoxy) is 2. The van der Waals surface area contributed by atoms with Gasteiger partial charge in [-0.25, -0.2) is 0 Å². The normalized spacial score (nSPS) is 18.2. The Morgan fingerprint density at radius 3 is 2.62 bits per heavy atom. The van der Waals surface area contributed by atoms with E-state index in [1.807, 2.05) is 23.6 Å². The number of nitro groups is 1. The minimum Gasteiger partial charge on any atom is -0.506 e. The number of Topliss-reactive ketones (excluding diaryl/α,β-unsaturated/α-hetero) is 1. The van der Waals surface area contributed by atoms with Crippen molar-refractivity contribution in [2.24, 2.45) is 0 Å². The fraction of sp³-hybridized carbons (Fsp3) is 0.333. The Morgan fingerprint density at radius 2 is 1.93 bits per heavy atom. The number of aryl methyl sites for hydroxylation is 1. The number of aliphatic hydroxyl groups excluding tert-OH is 1. The van der Waals surface area contributed by atoms with E-state index in [2.05, 4.69) is 30.9 Å². The quantitative estimate of drug-likeness (QED) is 0.118. The summed E-state index contributed by atoms with van der Waals surface area (Å²) in [5, 5.41) is 23.0. The lowest BCUT2D eigenvalue weighted by Crippen LogP contribution is -2.34. The monoisotopic (exact) mass is 562 g/mol. The lowest BCUT2D eigenvalue weighted by Gasteiger charge is -2.29. The number of ketones is 1. The SMILES string of the molecule is CC[n+]1c(/C=C2/C(=O)C(/C=C3\N(CCOCCOC)c4ccccc4C3(C)C)=C2O)sc2cc([N+](=O)[O-])ccc21. The van der Waals surface area contributed by atoms with Crippen LogP contribution in [0.4, 0.5) is 11.4 Å². The smallest absolute Gasteiger partial charge is 0.271 e. The number of carbonyl (C=O) groups excluding carboxylic acids is 1. The molecule has 0 bridgehead atoms. The number of thiazole rings is 1. The maximum absolute atomic E-state index is 13.4. The summed E-state index contributed by atoms with van der Waals surface area (Å²) in [6.07, 6.45) is 3.47. The van der Waals surface area contributed by atoms with Crippen molar-refractivity contribution in [2.75, 3.05) is 38.4 Å². The van der Waals surface area contributed by atoms with Gasteiger partial charge in [0.25, 0.3) is 10.7 Å². The third kappa shape index (κ3) is 4.72. The van der Waals surface area contributed by atoms with E-state index in [0.29, 0.717) is 32.9 Å². The maximum atomic E-state index is 13.4. The van der Waals surface area contributed by atoms with Gasteiger partial charge < -0.3 is 19.5 Å². The standard InChI is InChI=1S/C30H31N3O6S/c1-5-31-24-11-10-19(33(36)37)16-25(24)40-27(31)18-21-28(34)20(29(21)35)17-26-30(2,3)22-8-6-7-9-23(22)32(26)12-13-39-15-14-38-4/h6-11,16-18H,5,12-15H2,1-4H3/p+1. The molecule has 208 valence electrons. The second-order valence-electron chi connectivity index (χ2n) is 10.2. The Morgan fingerprint density at radius 1 is 1.15 bits per heavy atom. The highest BCUT2D eigenvalue weighted by Gasteiger charge is 2.42. The van der Waals surface area contributed by atoms with Crippen molar-refractivity contribution < 1.29 is 28.9 Å². The van der Waals surface area contributed by atoms with Crippen LogP contribution in [0.2, 0.25) is 0 Å². The lowest BCUT2D eigenvalue weighted by atomic mass is 9.80. The predicted molar refractivity (Wildman–Crippen MR) is 155 cm³/mol. The highest BCUT2D eigenvalue weighted by Crippen LogP contribution is 2.48. The number of rotatable bonds is 10. The lowest BCUT2D eigenvalue weighted by molar-refractivity contribution is -0.665. The molecule has 0 saturated carbocycles. The van der Waals surface area contributed by atoms with Gasteiger partial charge in [-0.3, -0.25) is 14.9 Å². The third-order valence-corrected chi connectivity index (χ3v) is 8.57. The number of anilines is 1. The Labute approximate surface area is 236 Å². The molecule has 0 unspecified atom stereocenters. The van der Waals surface area contributed by atoms with E-state index in [-0.39, 0.29) is 33.8 Å². The number of fused-ring (bicyclic) bond motifs is 2. The molecule has 0 saturated heterocycles. The fourth-order valence-corrected chi connectivity index (χ4v) is 6.56. The molecule has 1 aliphatic heterocycles. The first-order chi connectivity index (χ1) is 19.2. The van der Waals surface area contributed by atoms with Gasteiger partial charge in [-0.1, -0.05) is 43.4 Å². The number of aliphatic hydroxyl groups is 1. The summed E-state index contributed by atoms with van der Waals surface area (Å²) in [5.41, 5.74) is 4.09. The first-order valence-electron chi connectivity index (χ1n) is 13.2. The van der Waals surface area contributed by atoms with Crippen LogP contribution < -0.4 is 9.47 Å². The van der Waals surface area contributed by atoms with E-state index in [1.165, 1.54) is 23.5 Å². The topological polar surface area (TPSA) is 106 Å². The summed E-state index contributed by atoms with van der Waals surface area (Å²) < 4.78 is 13.5. The third-order valence-electron chi connectivity index (χ3n) is 7.48. The largest absolute Gasteiger partial charge is 0.506 e. The molecule has 10 heteroatoms. The molecule has 0 spiro atoms. The molecule has 9 nitrogen and oxygen atoms in total. The van der Waals surface area contributed by atoms with E-state index >= 15 is 0 Å². The number of nitro benzene ring substituents is 1. The van der Waals surface area contributed by atoms with Gasteiger partial charge in [0.05, 0.1) is 35.9 Å². The van der Waals surface area contributed by atoms with Crippen molar-refractivity contribution in [3.05, 3.63) is 91.8 Å². The first-order valence-corrected chi connectivity index (χ1v) is 14.0. The van der Waals surface area contributed by atoms with Gasteiger partial charge in [-0.2, -0.15) is 4.57 Å². The van der Waals surface area contributed by atoms with Crippen LogP contribution in [0.3, 0.4) is 0 Å². The van der Waals surface area contributed by atoms with Crippen LogP contribution >= 0.6 is 11.3 Å². The molecular weight excluding hydrogens is 530 g/mol. The van der Waals surface area contributed by atoms with Crippen molar-refractivity contribution in [3.63, 3.8) is 0 Å². The summed E-state index contributed by atoms with van der Waals surface area (Å²) in [6.45, 7) is 8.89. The highest BCUT2D eigenvalue weighted by molar-refractivity contribution is 7.18. The summed E-state index contributed by atoms with van der Waals surface area (Å²) in [6, 6.07) is 12.9. The van der Waals surface area contributed by atoms with Crippen LogP contribution in [0.5, 0.6) is 0 Å². The van der Waals surface area contributed by atoms with Crippen molar-refractivity contribution >= 4 is 44.8 Å². The van der Waals surface area contributed by atoms with E-state index in [1.54, 1.807) is 25.3 Å². The Kier molecular flexibility index (Phi) is 7.59. The van der Waals surface area contributed by atoms with Gasteiger partial charge in [-0.05, 0) is 24.6 Å². The van der Waals surface area contributed by atoms with Gasteiger partial charge in [0.2, 0.25) is 11.3 Å². The maximum Gasteiger partial charge on any atom is 0.271 e. The summed E-state index contributed by atoms with van der Waals surface area (Å²) in [5.74, 6) is -0.286. The minimum absolute atomic E-state index is 0.0152. The zero-order chi connectivity index (χ0) is 28.6. The van der Waals surface area contributed by atoms with E-state index in [4.69, 9.17) is 9.47 Å². The number of carbonyl (C=O) groups is 1. The molecule has 0 fully saturated rings. The average molecular weight is 563 g/mol. The second-order valence-corrected chi connectivity index (χ2v) is 11.2. The van der Waals surface area contributed by atoms with Crippen LogP contribution in [0, 0.1) is 10.1 Å². The van der Waals surface area contributed by atoms with Crippen LogP contribution in [-0.4, -0.2) is 49.3 Å². The number of allylic oxidation sites excluding steroid dienone is 4. The van der Waals surface area contributed by atoms with Crippen LogP contribution in [-0.2, 0) is 26.2 Å². The van der Waals surface area contributed by atoms with Crippen molar-refractivity contribution in [1.29, 1.82) is 0 Å². The van der Waals surface area contributed by atoms with Crippen molar-refractivity contribution in [3.8, 4) is 0 Å². The summed E-state index contributed by atoms with van der Waals surface area (Å²) >= 11 is 1.35.